The minimum absolute atomic E-state index is 0.0701. The minimum Gasteiger partial charge on any atom is -0.325 e. The van der Waals surface area contributed by atoms with Crippen LogP contribution in [-0.2, 0) is 22.6 Å². The molecule has 2 amide bonds. The van der Waals surface area contributed by atoms with E-state index < -0.39 is 11.7 Å². The van der Waals surface area contributed by atoms with Gasteiger partial charge in [-0.3, -0.25) is 9.59 Å². The van der Waals surface area contributed by atoms with Crippen molar-refractivity contribution in [3.63, 3.8) is 0 Å². The highest BCUT2D eigenvalue weighted by atomic mass is 79.9. The third kappa shape index (κ3) is 6.28. The summed E-state index contributed by atoms with van der Waals surface area (Å²) in [5.41, 5.74) is 0.690. The van der Waals surface area contributed by atoms with Crippen molar-refractivity contribution in [1.29, 1.82) is 0 Å². The van der Waals surface area contributed by atoms with Crippen LogP contribution in [0.1, 0.15) is 12.7 Å². The Kier molecular flexibility index (Phi) is 8.05. The molecule has 7 nitrogen and oxygen atoms in total. The number of benzene rings is 2. The molecule has 31 heavy (non-hydrogen) atoms. The van der Waals surface area contributed by atoms with Crippen LogP contribution in [0.3, 0.4) is 0 Å². The molecule has 0 bridgehead atoms. The molecule has 162 valence electrons. The predicted octanol–water partition coefficient (Wildman–Crippen LogP) is 4.77. The van der Waals surface area contributed by atoms with Gasteiger partial charge in [-0.1, -0.05) is 35.5 Å². The molecule has 0 aliphatic rings. The second-order valence-corrected chi connectivity index (χ2v) is 8.52. The second-order valence-electron chi connectivity index (χ2n) is 6.31. The zero-order chi connectivity index (χ0) is 22.4. The van der Waals surface area contributed by atoms with E-state index in [1.54, 1.807) is 34.9 Å². The number of carbonyl (C=O) groups is 2. The number of anilines is 2. The summed E-state index contributed by atoms with van der Waals surface area (Å²) in [5.74, 6) is -0.615. The molecule has 0 spiro atoms. The van der Waals surface area contributed by atoms with Gasteiger partial charge in [0.2, 0.25) is 11.8 Å². The average Bonchev–Trinajstić information content (AvgIpc) is 3.12. The van der Waals surface area contributed by atoms with Gasteiger partial charge in [0.05, 0.1) is 22.9 Å². The lowest BCUT2D eigenvalue weighted by Crippen LogP contribution is -2.18. The van der Waals surface area contributed by atoms with Crippen LogP contribution in [0, 0.1) is 5.82 Å². The standard InChI is InChI=1S/C20H18BrClFN5O2S/c1-2-28-17(10-18(29)25-16-6-4-3-5-15(16)23)26-27-20(28)31-11-19(30)24-12-7-8-13(21)14(22)9-12/h3-9H,2,10-11H2,1H3,(H,24,30)(H,25,29). The van der Waals surface area contributed by atoms with Crippen LogP contribution in [0.25, 0.3) is 0 Å². The van der Waals surface area contributed by atoms with Crippen LogP contribution in [0.15, 0.2) is 52.1 Å². The first-order valence-corrected chi connectivity index (χ1v) is 11.4. The Hall–Kier alpha value is -2.43. The van der Waals surface area contributed by atoms with Crippen molar-refractivity contribution in [2.24, 2.45) is 0 Å². The third-order valence-corrected chi connectivity index (χ3v) is 6.31. The van der Waals surface area contributed by atoms with E-state index in [-0.39, 0.29) is 23.8 Å². The fourth-order valence-electron chi connectivity index (χ4n) is 2.68. The highest BCUT2D eigenvalue weighted by Gasteiger charge is 2.17. The van der Waals surface area contributed by atoms with Crippen LogP contribution in [-0.4, -0.2) is 32.3 Å². The lowest BCUT2D eigenvalue weighted by molar-refractivity contribution is -0.116. The zero-order valence-corrected chi connectivity index (χ0v) is 19.5. The average molecular weight is 527 g/mol. The van der Waals surface area contributed by atoms with Gasteiger partial charge in [-0.2, -0.15) is 0 Å². The molecule has 0 radical (unpaired) electrons. The van der Waals surface area contributed by atoms with Gasteiger partial charge in [0.1, 0.15) is 11.6 Å². The number of aromatic nitrogens is 3. The number of rotatable bonds is 8. The van der Waals surface area contributed by atoms with Crippen molar-refractivity contribution in [2.45, 2.75) is 25.0 Å². The van der Waals surface area contributed by atoms with Crippen molar-refractivity contribution in [3.8, 4) is 0 Å². The molecule has 3 aromatic rings. The normalized spacial score (nSPS) is 10.7. The lowest BCUT2D eigenvalue weighted by atomic mass is 10.3. The molecular weight excluding hydrogens is 509 g/mol. The summed E-state index contributed by atoms with van der Waals surface area (Å²) in [4.78, 5) is 24.5. The predicted molar refractivity (Wildman–Crippen MR) is 123 cm³/mol. The van der Waals surface area contributed by atoms with Crippen molar-refractivity contribution in [1.82, 2.24) is 14.8 Å². The van der Waals surface area contributed by atoms with Gasteiger partial charge in [0, 0.05) is 16.7 Å². The Morgan fingerprint density at radius 3 is 2.65 bits per heavy atom. The number of halogens is 3. The summed E-state index contributed by atoms with van der Waals surface area (Å²) < 4.78 is 16.2. The number of amides is 2. The summed E-state index contributed by atoms with van der Waals surface area (Å²) >= 11 is 10.5. The number of para-hydroxylation sites is 1. The quantitative estimate of drug-likeness (QED) is 0.413. The van der Waals surface area contributed by atoms with E-state index in [1.165, 1.54) is 23.9 Å². The molecule has 1 heterocycles. The van der Waals surface area contributed by atoms with Crippen molar-refractivity contribution in [2.75, 3.05) is 16.4 Å². The second kappa shape index (κ2) is 10.7. The van der Waals surface area contributed by atoms with E-state index in [0.29, 0.717) is 28.2 Å². The SMILES string of the molecule is CCn1c(CC(=O)Nc2ccccc2F)nnc1SCC(=O)Nc1ccc(Br)c(Cl)c1. The van der Waals surface area contributed by atoms with Gasteiger partial charge in [0.15, 0.2) is 5.16 Å². The largest absolute Gasteiger partial charge is 0.325 e. The maximum absolute atomic E-state index is 13.7. The molecule has 0 saturated heterocycles. The zero-order valence-electron chi connectivity index (χ0n) is 16.4. The molecule has 11 heteroatoms. The van der Waals surface area contributed by atoms with E-state index in [4.69, 9.17) is 11.6 Å². The lowest BCUT2D eigenvalue weighted by Gasteiger charge is -2.09. The molecule has 0 aliphatic carbocycles. The summed E-state index contributed by atoms with van der Waals surface area (Å²) in [5, 5.41) is 14.4. The molecule has 0 aliphatic heterocycles. The van der Waals surface area contributed by atoms with E-state index in [2.05, 4.69) is 36.8 Å². The summed E-state index contributed by atoms with van der Waals surface area (Å²) in [6.45, 7) is 2.40. The Morgan fingerprint density at radius 1 is 1.16 bits per heavy atom. The highest BCUT2D eigenvalue weighted by Crippen LogP contribution is 2.26. The van der Waals surface area contributed by atoms with E-state index in [1.807, 2.05) is 6.92 Å². The molecule has 1 aromatic heterocycles. The maximum atomic E-state index is 13.7. The third-order valence-electron chi connectivity index (χ3n) is 4.11. The maximum Gasteiger partial charge on any atom is 0.234 e. The summed E-state index contributed by atoms with van der Waals surface area (Å²) in [6.07, 6.45) is -0.0701. The fraction of sp³-hybridized carbons (Fsp3) is 0.200. The van der Waals surface area contributed by atoms with Gasteiger partial charge in [-0.15, -0.1) is 10.2 Å². The van der Waals surface area contributed by atoms with Crippen LogP contribution in [0.4, 0.5) is 15.8 Å². The first-order chi connectivity index (χ1) is 14.9. The number of hydrogen-bond donors (Lipinski definition) is 2. The summed E-state index contributed by atoms with van der Waals surface area (Å²) in [6, 6.07) is 11.1. The number of thioether (sulfide) groups is 1. The van der Waals surface area contributed by atoms with Gasteiger partial charge >= 0.3 is 0 Å². The van der Waals surface area contributed by atoms with Crippen molar-refractivity contribution < 1.29 is 14.0 Å². The molecule has 2 aromatic carbocycles. The first-order valence-electron chi connectivity index (χ1n) is 9.21. The van der Waals surface area contributed by atoms with Crippen LogP contribution in [0.2, 0.25) is 5.02 Å². The number of nitrogens with zero attached hydrogens (tertiary/aromatic N) is 3. The van der Waals surface area contributed by atoms with E-state index in [0.717, 1.165) is 4.47 Å². The Bertz CT molecular complexity index is 1110. The smallest absolute Gasteiger partial charge is 0.234 e. The van der Waals surface area contributed by atoms with Crippen molar-refractivity contribution >= 4 is 62.5 Å². The molecule has 0 unspecified atom stereocenters. The first kappa shape index (κ1) is 23.2. The van der Waals surface area contributed by atoms with Gasteiger partial charge < -0.3 is 15.2 Å². The molecular formula is C20H18BrClFN5O2S. The molecule has 0 atom stereocenters. The Labute approximate surface area is 195 Å². The van der Waals surface area contributed by atoms with E-state index >= 15 is 0 Å². The number of nitrogens with one attached hydrogen (secondary N) is 2. The van der Waals surface area contributed by atoms with Crippen LogP contribution in [0.5, 0.6) is 0 Å². The molecule has 0 saturated carbocycles. The van der Waals surface area contributed by atoms with Gasteiger partial charge in [-0.25, -0.2) is 4.39 Å². The topological polar surface area (TPSA) is 88.9 Å². The van der Waals surface area contributed by atoms with Crippen molar-refractivity contribution in [3.05, 3.63) is 63.6 Å². The molecule has 2 N–H and O–H groups in total. The number of hydrogen-bond acceptors (Lipinski definition) is 5. The molecule has 0 fully saturated rings. The highest BCUT2D eigenvalue weighted by molar-refractivity contribution is 9.10. The summed E-state index contributed by atoms with van der Waals surface area (Å²) in [7, 11) is 0. The Balaban J connectivity index is 1.59. The molecule has 3 rings (SSSR count). The Morgan fingerprint density at radius 2 is 1.94 bits per heavy atom. The monoisotopic (exact) mass is 525 g/mol. The number of carbonyl (C=O) groups excluding carboxylic acids is 2. The van der Waals surface area contributed by atoms with E-state index in [9.17, 15) is 14.0 Å². The van der Waals surface area contributed by atoms with Crippen LogP contribution >= 0.6 is 39.3 Å². The van der Waals surface area contributed by atoms with Gasteiger partial charge in [-0.05, 0) is 53.2 Å². The fourth-order valence-corrected chi connectivity index (χ4v) is 3.92. The van der Waals surface area contributed by atoms with Crippen LogP contribution < -0.4 is 10.6 Å². The minimum atomic E-state index is -0.512. The van der Waals surface area contributed by atoms with Gasteiger partial charge in [0.25, 0.3) is 0 Å².